The van der Waals surface area contributed by atoms with Crippen LogP contribution in [0, 0.1) is 5.82 Å². The number of halogens is 1. The summed E-state index contributed by atoms with van der Waals surface area (Å²) in [5, 5.41) is 0. The molecule has 0 saturated carbocycles. The summed E-state index contributed by atoms with van der Waals surface area (Å²) in [6, 6.07) is 8.87. The van der Waals surface area contributed by atoms with E-state index >= 15 is 0 Å². The van der Waals surface area contributed by atoms with E-state index in [1.807, 2.05) is 17.0 Å². The van der Waals surface area contributed by atoms with Gasteiger partial charge in [-0.25, -0.2) is 4.39 Å². The summed E-state index contributed by atoms with van der Waals surface area (Å²) in [6.07, 6.45) is 2.14. The Morgan fingerprint density at radius 3 is 2.33 bits per heavy atom. The van der Waals surface area contributed by atoms with Crippen molar-refractivity contribution in [3.8, 4) is 11.5 Å². The number of carbonyl (C=O) groups is 2. The number of fused-ring (bicyclic) bond motifs is 1. The van der Waals surface area contributed by atoms with Crippen LogP contribution in [0.1, 0.15) is 34.3 Å². The lowest BCUT2D eigenvalue weighted by Gasteiger charge is -2.34. The highest BCUT2D eigenvalue weighted by molar-refractivity contribution is 5.98. The van der Waals surface area contributed by atoms with E-state index in [-0.39, 0.29) is 17.6 Å². The van der Waals surface area contributed by atoms with Crippen LogP contribution in [-0.2, 0) is 17.8 Å². The molecule has 0 radical (unpaired) electrons. The van der Waals surface area contributed by atoms with Gasteiger partial charge in [0.05, 0.1) is 14.2 Å². The zero-order chi connectivity index (χ0) is 21.3. The first-order valence-corrected chi connectivity index (χ1v) is 10.1. The fourth-order valence-corrected chi connectivity index (χ4v) is 4.31. The second kappa shape index (κ2) is 8.34. The first kappa shape index (κ1) is 20.2. The van der Waals surface area contributed by atoms with Gasteiger partial charge in [-0.15, -0.1) is 0 Å². The van der Waals surface area contributed by atoms with Gasteiger partial charge in [-0.2, -0.15) is 0 Å². The monoisotopic (exact) mass is 412 g/mol. The zero-order valence-electron chi connectivity index (χ0n) is 17.2. The third-order valence-corrected chi connectivity index (χ3v) is 5.92. The molecule has 2 heterocycles. The van der Waals surface area contributed by atoms with Crippen LogP contribution in [0.2, 0.25) is 0 Å². The predicted molar refractivity (Wildman–Crippen MR) is 109 cm³/mol. The Morgan fingerprint density at radius 1 is 1.00 bits per heavy atom. The van der Waals surface area contributed by atoms with Gasteiger partial charge in [0.2, 0.25) is 5.91 Å². The van der Waals surface area contributed by atoms with Crippen molar-refractivity contribution < 1.29 is 23.5 Å². The average Bonchev–Trinajstić information content (AvgIpc) is 3.27. The van der Waals surface area contributed by atoms with E-state index < -0.39 is 6.04 Å². The van der Waals surface area contributed by atoms with Crippen LogP contribution in [0.5, 0.6) is 11.5 Å². The average molecular weight is 412 g/mol. The number of likely N-dealkylation sites (tertiary alicyclic amines) is 1. The molecule has 1 fully saturated rings. The number of methoxy groups -OCH3 is 2. The number of hydrogen-bond acceptors (Lipinski definition) is 4. The zero-order valence-corrected chi connectivity index (χ0v) is 17.2. The third kappa shape index (κ3) is 3.72. The van der Waals surface area contributed by atoms with Crippen molar-refractivity contribution in [3.05, 3.63) is 58.9 Å². The molecule has 1 atom stereocenters. The lowest BCUT2D eigenvalue weighted by Crippen LogP contribution is -2.49. The maximum Gasteiger partial charge on any atom is 0.254 e. The Labute approximate surface area is 175 Å². The van der Waals surface area contributed by atoms with E-state index in [9.17, 15) is 14.0 Å². The Morgan fingerprint density at radius 2 is 1.67 bits per heavy atom. The fraction of sp³-hybridized carbons (Fsp3) is 0.391. The fourth-order valence-electron chi connectivity index (χ4n) is 4.31. The number of rotatable bonds is 4. The normalized spacial score (nSPS) is 18.2. The topological polar surface area (TPSA) is 59.1 Å². The Kier molecular flexibility index (Phi) is 5.61. The third-order valence-electron chi connectivity index (χ3n) is 5.92. The van der Waals surface area contributed by atoms with Crippen molar-refractivity contribution in [3.63, 3.8) is 0 Å². The minimum Gasteiger partial charge on any atom is -0.493 e. The minimum atomic E-state index is -0.482. The molecule has 1 unspecified atom stereocenters. The minimum absolute atomic E-state index is 0.0385. The van der Waals surface area contributed by atoms with Crippen molar-refractivity contribution >= 4 is 11.8 Å². The number of carbonyl (C=O) groups excluding carboxylic acids is 2. The predicted octanol–water partition coefficient (Wildman–Crippen LogP) is 3.03. The molecule has 2 aromatic rings. The molecule has 1 saturated heterocycles. The molecule has 2 amide bonds. The van der Waals surface area contributed by atoms with Gasteiger partial charge >= 0.3 is 0 Å². The first-order valence-electron chi connectivity index (χ1n) is 10.1. The van der Waals surface area contributed by atoms with Gasteiger partial charge in [0, 0.05) is 25.2 Å². The summed E-state index contributed by atoms with van der Waals surface area (Å²) in [5.74, 6) is 0.667. The molecule has 0 spiro atoms. The van der Waals surface area contributed by atoms with Crippen LogP contribution < -0.4 is 9.47 Å². The van der Waals surface area contributed by atoms with Crippen LogP contribution in [0.25, 0.3) is 0 Å². The standard InChI is InChI=1S/C23H25FN2O4/c1-29-20-12-16-9-11-25(14-17(16)13-21(20)30-2)23(28)19-4-3-10-26(19)22(27)15-5-7-18(24)8-6-15/h5-8,12-13,19H,3-4,9-11,14H2,1-2H3. The van der Waals surface area contributed by atoms with Gasteiger partial charge in [-0.1, -0.05) is 0 Å². The van der Waals surface area contributed by atoms with E-state index in [2.05, 4.69) is 0 Å². The lowest BCUT2D eigenvalue weighted by atomic mass is 9.98. The highest BCUT2D eigenvalue weighted by atomic mass is 19.1. The van der Waals surface area contributed by atoms with E-state index in [1.54, 1.807) is 19.1 Å². The van der Waals surface area contributed by atoms with Crippen LogP contribution in [0.4, 0.5) is 4.39 Å². The highest BCUT2D eigenvalue weighted by Gasteiger charge is 2.37. The summed E-state index contributed by atoms with van der Waals surface area (Å²) in [7, 11) is 3.20. The molecule has 2 aromatic carbocycles. The molecule has 4 rings (SSSR count). The highest BCUT2D eigenvalue weighted by Crippen LogP contribution is 2.34. The largest absolute Gasteiger partial charge is 0.493 e. The summed E-state index contributed by atoms with van der Waals surface area (Å²) in [5.41, 5.74) is 2.57. The molecule has 0 N–H and O–H groups in total. The molecule has 2 aliphatic heterocycles. The van der Waals surface area contributed by atoms with Gasteiger partial charge in [-0.3, -0.25) is 9.59 Å². The molecule has 0 bridgehead atoms. The summed E-state index contributed by atoms with van der Waals surface area (Å²) in [6.45, 7) is 1.60. The summed E-state index contributed by atoms with van der Waals surface area (Å²) < 4.78 is 24.0. The van der Waals surface area contributed by atoms with Crippen molar-refractivity contribution in [2.24, 2.45) is 0 Å². The van der Waals surface area contributed by atoms with E-state index in [1.165, 1.54) is 24.3 Å². The SMILES string of the molecule is COc1cc2c(cc1OC)CN(C(=O)C1CCCN1C(=O)c1ccc(F)cc1)CC2. The van der Waals surface area contributed by atoms with Crippen molar-refractivity contribution in [2.45, 2.75) is 31.8 Å². The number of benzene rings is 2. The van der Waals surface area contributed by atoms with E-state index in [0.717, 1.165) is 24.0 Å². The molecule has 7 heteroatoms. The molecule has 6 nitrogen and oxygen atoms in total. The summed E-state index contributed by atoms with van der Waals surface area (Å²) in [4.78, 5) is 29.7. The van der Waals surface area contributed by atoms with Crippen LogP contribution in [0.3, 0.4) is 0 Å². The Balaban J connectivity index is 1.51. The molecular weight excluding hydrogens is 387 g/mol. The van der Waals surface area contributed by atoms with E-state index in [4.69, 9.17) is 9.47 Å². The maximum atomic E-state index is 13.3. The number of nitrogens with zero attached hydrogens (tertiary/aromatic N) is 2. The van der Waals surface area contributed by atoms with Crippen molar-refractivity contribution in [2.75, 3.05) is 27.3 Å². The Bertz CT molecular complexity index is 960. The first-order chi connectivity index (χ1) is 14.5. The van der Waals surface area contributed by atoms with Gasteiger partial charge < -0.3 is 19.3 Å². The maximum absolute atomic E-state index is 13.3. The molecular formula is C23H25FN2O4. The van der Waals surface area contributed by atoms with E-state index in [0.29, 0.717) is 43.1 Å². The lowest BCUT2D eigenvalue weighted by molar-refractivity contribution is -0.136. The second-order valence-electron chi connectivity index (χ2n) is 7.65. The molecule has 2 aliphatic rings. The van der Waals surface area contributed by atoms with Crippen molar-refractivity contribution in [1.82, 2.24) is 9.80 Å². The molecule has 158 valence electrons. The quantitative estimate of drug-likeness (QED) is 0.775. The molecule has 0 aromatic heterocycles. The van der Waals surface area contributed by atoms with Crippen LogP contribution >= 0.6 is 0 Å². The number of amides is 2. The van der Waals surface area contributed by atoms with Gasteiger partial charge in [0.1, 0.15) is 11.9 Å². The number of hydrogen-bond donors (Lipinski definition) is 0. The van der Waals surface area contributed by atoms with Gasteiger partial charge in [0.15, 0.2) is 11.5 Å². The Hall–Kier alpha value is -3.09. The molecule has 0 aliphatic carbocycles. The van der Waals surface area contributed by atoms with Crippen molar-refractivity contribution in [1.29, 1.82) is 0 Å². The summed E-state index contributed by atoms with van der Waals surface area (Å²) >= 11 is 0. The van der Waals surface area contributed by atoms with Gasteiger partial charge in [0.25, 0.3) is 5.91 Å². The molecule has 30 heavy (non-hydrogen) atoms. The second-order valence-corrected chi connectivity index (χ2v) is 7.65. The number of ether oxygens (including phenoxy) is 2. The smallest absolute Gasteiger partial charge is 0.254 e. The van der Waals surface area contributed by atoms with Crippen LogP contribution in [-0.4, -0.2) is 55.0 Å². The van der Waals surface area contributed by atoms with Gasteiger partial charge in [-0.05, 0) is 66.8 Å². The van der Waals surface area contributed by atoms with Crippen LogP contribution in [0.15, 0.2) is 36.4 Å².